The van der Waals surface area contributed by atoms with Gasteiger partial charge < -0.3 is 15.1 Å². The Balaban J connectivity index is 1.81. The Morgan fingerprint density at radius 1 is 1.29 bits per heavy atom. The van der Waals surface area contributed by atoms with Crippen molar-refractivity contribution in [1.29, 1.82) is 0 Å². The van der Waals surface area contributed by atoms with E-state index in [0.29, 0.717) is 6.54 Å². The Morgan fingerprint density at radius 2 is 2.10 bits per heavy atom. The maximum absolute atomic E-state index is 12.8. The predicted molar refractivity (Wildman–Crippen MR) is 81.1 cm³/mol. The molecule has 1 aromatic rings. The van der Waals surface area contributed by atoms with Gasteiger partial charge in [0, 0.05) is 32.4 Å². The molecule has 0 saturated carbocycles. The van der Waals surface area contributed by atoms with Gasteiger partial charge in [0.05, 0.1) is 12.5 Å². The highest BCUT2D eigenvalue weighted by atomic mass is 16.2. The van der Waals surface area contributed by atoms with Gasteiger partial charge in [-0.25, -0.2) is 0 Å². The Labute approximate surface area is 124 Å². The highest BCUT2D eigenvalue weighted by Gasteiger charge is 2.32. The van der Waals surface area contributed by atoms with E-state index in [1.54, 1.807) is 16.8 Å². The molecular formula is C16H21N3O2. The average Bonchev–Trinajstić information content (AvgIpc) is 2.68. The van der Waals surface area contributed by atoms with E-state index in [1.165, 1.54) is 0 Å². The van der Waals surface area contributed by atoms with E-state index in [9.17, 15) is 9.59 Å². The summed E-state index contributed by atoms with van der Waals surface area (Å²) in [6, 6.07) is 7.96. The molecule has 5 nitrogen and oxygen atoms in total. The van der Waals surface area contributed by atoms with E-state index in [1.807, 2.05) is 24.3 Å². The molecule has 1 unspecified atom stereocenters. The van der Waals surface area contributed by atoms with Gasteiger partial charge in [0.25, 0.3) is 0 Å². The van der Waals surface area contributed by atoms with Crippen molar-refractivity contribution in [3.8, 4) is 0 Å². The first kappa shape index (κ1) is 13.9. The SMILES string of the molecule is CN1CCCN(C(=O)C2CCNc3ccccc32)CC1=O. The third kappa shape index (κ3) is 2.73. The molecule has 1 fully saturated rings. The lowest BCUT2D eigenvalue weighted by Gasteiger charge is -2.30. The van der Waals surface area contributed by atoms with Crippen LogP contribution in [-0.4, -0.2) is 54.8 Å². The molecule has 1 atom stereocenters. The number of carbonyl (C=O) groups excluding carboxylic acids is 2. The molecule has 0 bridgehead atoms. The Bertz CT molecular complexity index is 558. The minimum absolute atomic E-state index is 0.0306. The molecule has 2 aliphatic heterocycles. The van der Waals surface area contributed by atoms with Crippen molar-refractivity contribution in [2.75, 3.05) is 38.5 Å². The van der Waals surface area contributed by atoms with Gasteiger partial charge in [-0.2, -0.15) is 0 Å². The Hall–Kier alpha value is -2.04. The van der Waals surface area contributed by atoms with Crippen molar-refractivity contribution in [2.24, 2.45) is 0 Å². The average molecular weight is 287 g/mol. The largest absolute Gasteiger partial charge is 0.385 e. The molecule has 2 heterocycles. The number of anilines is 1. The second-order valence-electron chi connectivity index (χ2n) is 5.78. The van der Waals surface area contributed by atoms with Gasteiger partial charge in [0.2, 0.25) is 11.8 Å². The zero-order chi connectivity index (χ0) is 14.8. The molecule has 21 heavy (non-hydrogen) atoms. The minimum atomic E-state index is -0.126. The molecule has 0 spiro atoms. The summed E-state index contributed by atoms with van der Waals surface area (Å²) in [5.41, 5.74) is 2.10. The molecule has 1 saturated heterocycles. The number of fused-ring (bicyclic) bond motifs is 1. The van der Waals surface area contributed by atoms with Gasteiger partial charge in [-0.3, -0.25) is 9.59 Å². The quantitative estimate of drug-likeness (QED) is 0.846. The van der Waals surface area contributed by atoms with Crippen molar-refractivity contribution in [3.63, 3.8) is 0 Å². The first-order valence-corrected chi connectivity index (χ1v) is 7.52. The van der Waals surface area contributed by atoms with Gasteiger partial charge in [-0.1, -0.05) is 18.2 Å². The van der Waals surface area contributed by atoms with Crippen molar-refractivity contribution in [3.05, 3.63) is 29.8 Å². The highest BCUT2D eigenvalue weighted by molar-refractivity contribution is 5.90. The van der Waals surface area contributed by atoms with Crippen LogP contribution in [0.15, 0.2) is 24.3 Å². The molecular weight excluding hydrogens is 266 g/mol. The number of hydrogen-bond acceptors (Lipinski definition) is 3. The fourth-order valence-corrected chi connectivity index (χ4v) is 3.12. The first-order chi connectivity index (χ1) is 10.2. The second-order valence-corrected chi connectivity index (χ2v) is 5.78. The number of hydrogen-bond donors (Lipinski definition) is 1. The van der Waals surface area contributed by atoms with Gasteiger partial charge in [-0.15, -0.1) is 0 Å². The molecule has 0 aromatic heterocycles. The fraction of sp³-hybridized carbons (Fsp3) is 0.500. The maximum Gasteiger partial charge on any atom is 0.241 e. The summed E-state index contributed by atoms with van der Waals surface area (Å²) in [5, 5.41) is 3.33. The molecule has 1 N–H and O–H groups in total. The normalized spacial score (nSPS) is 22.3. The van der Waals surface area contributed by atoms with Gasteiger partial charge in [-0.05, 0) is 24.5 Å². The number of nitrogens with one attached hydrogen (secondary N) is 1. The van der Waals surface area contributed by atoms with E-state index >= 15 is 0 Å². The molecule has 2 amide bonds. The number of benzene rings is 1. The molecule has 3 rings (SSSR count). The first-order valence-electron chi connectivity index (χ1n) is 7.52. The number of rotatable bonds is 1. The van der Waals surface area contributed by atoms with Gasteiger partial charge in [0.1, 0.15) is 0 Å². The molecule has 0 radical (unpaired) electrons. The van der Waals surface area contributed by atoms with Crippen LogP contribution in [-0.2, 0) is 9.59 Å². The van der Waals surface area contributed by atoms with E-state index < -0.39 is 0 Å². The number of nitrogens with zero attached hydrogens (tertiary/aromatic N) is 2. The topological polar surface area (TPSA) is 52.6 Å². The lowest BCUT2D eigenvalue weighted by molar-refractivity contribution is -0.139. The van der Waals surface area contributed by atoms with Crippen LogP contribution in [0.5, 0.6) is 0 Å². The Morgan fingerprint density at radius 3 is 2.95 bits per heavy atom. The summed E-state index contributed by atoms with van der Waals surface area (Å²) in [4.78, 5) is 28.3. The zero-order valence-corrected chi connectivity index (χ0v) is 12.3. The summed E-state index contributed by atoms with van der Waals surface area (Å²) < 4.78 is 0. The summed E-state index contributed by atoms with van der Waals surface area (Å²) in [6.45, 7) is 2.41. The highest BCUT2D eigenvalue weighted by Crippen LogP contribution is 2.32. The molecule has 0 aliphatic carbocycles. The third-order valence-electron chi connectivity index (χ3n) is 4.37. The van der Waals surface area contributed by atoms with E-state index in [4.69, 9.17) is 0 Å². The smallest absolute Gasteiger partial charge is 0.241 e. The number of carbonyl (C=O) groups is 2. The minimum Gasteiger partial charge on any atom is -0.385 e. The van der Waals surface area contributed by atoms with Crippen molar-refractivity contribution in [2.45, 2.75) is 18.8 Å². The lowest BCUT2D eigenvalue weighted by Crippen LogP contribution is -2.41. The predicted octanol–water partition coefficient (Wildman–Crippen LogP) is 1.28. The summed E-state index contributed by atoms with van der Waals surface area (Å²) >= 11 is 0. The standard InChI is InChI=1S/C16H21N3O2/c1-18-9-4-10-19(11-15(18)20)16(21)13-7-8-17-14-6-3-2-5-12(13)14/h2-3,5-6,13,17H,4,7-11H2,1H3. The van der Waals surface area contributed by atoms with Gasteiger partial charge in [0.15, 0.2) is 0 Å². The van der Waals surface area contributed by atoms with Crippen molar-refractivity contribution < 1.29 is 9.59 Å². The second kappa shape index (κ2) is 5.76. The van der Waals surface area contributed by atoms with Crippen LogP contribution < -0.4 is 5.32 Å². The van der Waals surface area contributed by atoms with E-state index in [-0.39, 0.29) is 24.3 Å². The summed E-state index contributed by atoms with van der Waals surface area (Å²) in [6.07, 6.45) is 1.64. The molecule has 2 aliphatic rings. The molecule has 1 aromatic carbocycles. The van der Waals surface area contributed by atoms with Crippen molar-refractivity contribution in [1.82, 2.24) is 9.80 Å². The molecule has 112 valence electrons. The van der Waals surface area contributed by atoms with Crippen LogP contribution in [0.25, 0.3) is 0 Å². The number of para-hydroxylation sites is 1. The number of likely N-dealkylation sites (N-methyl/N-ethyl adjacent to an activating group) is 1. The van der Waals surface area contributed by atoms with Crippen LogP contribution >= 0.6 is 0 Å². The van der Waals surface area contributed by atoms with E-state index in [2.05, 4.69) is 5.32 Å². The monoisotopic (exact) mass is 287 g/mol. The third-order valence-corrected chi connectivity index (χ3v) is 4.37. The molecule has 5 heteroatoms. The van der Waals surface area contributed by atoms with E-state index in [0.717, 1.165) is 37.2 Å². The van der Waals surface area contributed by atoms with Crippen LogP contribution in [0.2, 0.25) is 0 Å². The van der Waals surface area contributed by atoms with Crippen LogP contribution in [0.3, 0.4) is 0 Å². The van der Waals surface area contributed by atoms with Crippen LogP contribution in [0.1, 0.15) is 24.3 Å². The lowest BCUT2D eigenvalue weighted by atomic mass is 9.89. The Kier molecular flexibility index (Phi) is 3.82. The summed E-state index contributed by atoms with van der Waals surface area (Å²) in [5.74, 6) is -0.00525. The zero-order valence-electron chi connectivity index (χ0n) is 12.3. The maximum atomic E-state index is 12.8. The fourth-order valence-electron chi connectivity index (χ4n) is 3.12. The van der Waals surface area contributed by atoms with Crippen LogP contribution in [0, 0.1) is 0 Å². The summed E-state index contributed by atoms with van der Waals surface area (Å²) in [7, 11) is 1.80. The number of amides is 2. The van der Waals surface area contributed by atoms with Crippen molar-refractivity contribution >= 4 is 17.5 Å². The van der Waals surface area contributed by atoms with Gasteiger partial charge >= 0.3 is 0 Å². The van der Waals surface area contributed by atoms with Crippen LogP contribution in [0.4, 0.5) is 5.69 Å².